The zero-order valence-corrected chi connectivity index (χ0v) is 18.2. The van der Waals surface area contributed by atoms with E-state index in [-0.39, 0.29) is 6.04 Å². The van der Waals surface area contributed by atoms with E-state index in [2.05, 4.69) is 81.7 Å². The topological polar surface area (TPSA) is 43.9 Å². The van der Waals surface area contributed by atoms with Crippen molar-refractivity contribution in [2.24, 2.45) is 5.92 Å². The fourth-order valence-corrected chi connectivity index (χ4v) is 4.41. The number of imidazole rings is 1. The molecule has 3 aromatic heterocycles. The monoisotopic (exact) mass is 397 g/mol. The van der Waals surface area contributed by atoms with E-state index >= 15 is 0 Å². The first-order valence-electron chi connectivity index (χ1n) is 10.7. The Morgan fingerprint density at radius 2 is 1.67 bits per heavy atom. The largest absolute Gasteiger partial charge is 0.437 e. The summed E-state index contributed by atoms with van der Waals surface area (Å²) in [5.74, 6) is 1.51. The van der Waals surface area contributed by atoms with Crippen molar-refractivity contribution in [2.45, 2.75) is 47.1 Å². The highest BCUT2D eigenvalue weighted by Gasteiger charge is 2.22. The first-order valence-corrected chi connectivity index (χ1v) is 10.7. The van der Waals surface area contributed by atoms with Gasteiger partial charge in [-0.05, 0) is 62.9 Å². The zero-order valence-electron chi connectivity index (χ0n) is 18.2. The predicted molar refractivity (Wildman–Crippen MR) is 124 cm³/mol. The summed E-state index contributed by atoms with van der Waals surface area (Å²) in [6, 6.07) is 17.2. The Morgan fingerprint density at radius 1 is 0.900 bits per heavy atom. The number of benzene rings is 2. The Labute approximate surface area is 176 Å². The summed E-state index contributed by atoms with van der Waals surface area (Å²) in [6.45, 7) is 10.9. The molecule has 0 radical (unpaired) electrons. The van der Waals surface area contributed by atoms with Crippen molar-refractivity contribution in [3.8, 4) is 11.4 Å². The van der Waals surface area contributed by atoms with Crippen LogP contribution in [0.2, 0.25) is 0 Å². The molecule has 0 spiro atoms. The standard InChI is InChI=1S/C26H27N3O/c1-15(2)14-18-11-13-20-19-12-10-17(5)23(24(19)30-26(20)27-18)25-28-21-8-6-7-9-22(21)29(25)16(3)4/h6-13,15-16H,14H2,1-5H3. The van der Waals surface area contributed by atoms with Gasteiger partial charge in [0, 0.05) is 22.5 Å². The molecule has 0 N–H and O–H groups in total. The van der Waals surface area contributed by atoms with Gasteiger partial charge in [0.15, 0.2) is 0 Å². The van der Waals surface area contributed by atoms with Crippen LogP contribution >= 0.6 is 0 Å². The van der Waals surface area contributed by atoms with E-state index in [0.717, 1.165) is 56.5 Å². The van der Waals surface area contributed by atoms with Crippen LogP contribution in [0.1, 0.15) is 45.0 Å². The first kappa shape index (κ1) is 18.9. The molecule has 0 aliphatic heterocycles. The number of rotatable bonds is 4. The molecule has 0 atom stereocenters. The summed E-state index contributed by atoms with van der Waals surface area (Å²) < 4.78 is 8.71. The van der Waals surface area contributed by atoms with Gasteiger partial charge in [-0.3, -0.25) is 0 Å². The average Bonchev–Trinajstić information content (AvgIpc) is 3.25. The lowest BCUT2D eigenvalue weighted by molar-refractivity contribution is 0.616. The molecule has 0 aliphatic rings. The number of hydrogen-bond donors (Lipinski definition) is 0. The van der Waals surface area contributed by atoms with Gasteiger partial charge in [-0.25, -0.2) is 9.97 Å². The van der Waals surface area contributed by atoms with Crippen LogP contribution in [0.4, 0.5) is 0 Å². The Bertz CT molecular complexity index is 1390. The number of para-hydroxylation sites is 2. The van der Waals surface area contributed by atoms with Gasteiger partial charge in [-0.15, -0.1) is 0 Å². The van der Waals surface area contributed by atoms with Crippen molar-refractivity contribution in [3.05, 3.63) is 59.8 Å². The molecule has 0 fully saturated rings. The van der Waals surface area contributed by atoms with Crippen LogP contribution in [0.5, 0.6) is 0 Å². The Hall–Kier alpha value is -3.14. The third-order valence-electron chi connectivity index (χ3n) is 5.73. The number of furan rings is 1. The highest BCUT2D eigenvalue weighted by molar-refractivity contribution is 6.09. The van der Waals surface area contributed by atoms with E-state index in [1.54, 1.807) is 0 Å². The number of hydrogen-bond acceptors (Lipinski definition) is 3. The summed E-state index contributed by atoms with van der Waals surface area (Å²) in [5, 5.41) is 2.16. The number of aromatic nitrogens is 3. The van der Waals surface area contributed by atoms with Crippen LogP contribution in [0.3, 0.4) is 0 Å². The van der Waals surface area contributed by atoms with Gasteiger partial charge in [0.1, 0.15) is 11.4 Å². The van der Waals surface area contributed by atoms with E-state index in [1.807, 2.05) is 6.07 Å². The quantitative estimate of drug-likeness (QED) is 0.325. The van der Waals surface area contributed by atoms with E-state index in [0.29, 0.717) is 11.6 Å². The summed E-state index contributed by atoms with van der Waals surface area (Å²) >= 11 is 0. The summed E-state index contributed by atoms with van der Waals surface area (Å²) in [4.78, 5) is 9.85. The smallest absolute Gasteiger partial charge is 0.227 e. The SMILES string of the molecule is Cc1ccc2c(oc3nc(CC(C)C)ccc32)c1-c1nc2ccccc2n1C(C)C. The summed E-state index contributed by atoms with van der Waals surface area (Å²) in [7, 11) is 0. The molecular weight excluding hydrogens is 370 g/mol. The lowest BCUT2D eigenvalue weighted by Crippen LogP contribution is -2.04. The van der Waals surface area contributed by atoms with Crippen molar-refractivity contribution < 1.29 is 4.42 Å². The van der Waals surface area contributed by atoms with Crippen LogP contribution in [0.25, 0.3) is 44.5 Å². The maximum atomic E-state index is 6.41. The number of aryl methyl sites for hydroxylation is 1. The van der Waals surface area contributed by atoms with E-state index in [1.165, 1.54) is 0 Å². The van der Waals surface area contributed by atoms with Crippen LogP contribution in [0, 0.1) is 12.8 Å². The lowest BCUT2D eigenvalue weighted by Gasteiger charge is -2.14. The van der Waals surface area contributed by atoms with Crippen LogP contribution in [-0.4, -0.2) is 14.5 Å². The zero-order chi connectivity index (χ0) is 21.0. The maximum Gasteiger partial charge on any atom is 0.227 e. The molecule has 5 rings (SSSR count). The van der Waals surface area contributed by atoms with Crippen molar-refractivity contribution >= 4 is 33.1 Å². The van der Waals surface area contributed by atoms with E-state index in [9.17, 15) is 0 Å². The predicted octanol–water partition coefficient (Wildman–Crippen LogP) is 7.09. The van der Waals surface area contributed by atoms with Gasteiger partial charge >= 0.3 is 0 Å². The highest BCUT2D eigenvalue weighted by Crippen LogP contribution is 2.39. The molecule has 0 saturated heterocycles. The minimum atomic E-state index is 0.280. The second-order valence-electron chi connectivity index (χ2n) is 8.88. The molecule has 152 valence electrons. The summed E-state index contributed by atoms with van der Waals surface area (Å²) in [6.07, 6.45) is 0.946. The van der Waals surface area contributed by atoms with Crippen molar-refractivity contribution in [1.82, 2.24) is 14.5 Å². The molecule has 0 bridgehead atoms. The molecule has 3 heterocycles. The molecular formula is C26H27N3O. The van der Waals surface area contributed by atoms with Crippen molar-refractivity contribution in [1.29, 1.82) is 0 Å². The van der Waals surface area contributed by atoms with Crippen molar-refractivity contribution in [3.63, 3.8) is 0 Å². The number of nitrogens with zero attached hydrogens (tertiary/aromatic N) is 3. The van der Waals surface area contributed by atoms with Gasteiger partial charge < -0.3 is 8.98 Å². The normalized spacial score (nSPS) is 12.2. The van der Waals surface area contributed by atoms with E-state index in [4.69, 9.17) is 14.4 Å². The molecule has 30 heavy (non-hydrogen) atoms. The van der Waals surface area contributed by atoms with Crippen LogP contribution in [-0.2, 0) is 6.42 Å². The molecule has 5 aromatic rings. The minimum Gasteiger partial charge on any atom is -0.437 e. The molecule has 0 unspecified atom stereocenters. The third-order valence-corrected chi connectivity index (χ3v) is 5.73. The van der Waals surface area contributed by atoms with Gasteiger partial charge in [0.05, 0.1) is 16.6 Å². The van der Waals surface area contributed by atoms with Gasteiger partial charge in [-0.1, -0.05) is 38.1 Å². The van der Waals surface area contributed by atoms with Crippen LogP contribution in [0.15, 0.2) is 52.9 Å². The first-order chi connectivity index (χ1) is 14.4. The Morgan fingerprint density at radius 3 is 2.43 bits per heavy atom. The number of pyridine rings is 1. The summed E-state index contributed by atoms with van der Waals surface area (Å²) in [5.41, 5.74) is 7.02. The van der Waals surface area contributed by atoms with Gasteiger partial charge in [0.2, 0.25) is 5.71 Å². The fourth-order valence-electron chi connectivity index (χ4n) is 4.41. The molecule has 0 amide bonds. The Kier molecular flexibility index (Phi) is 4.39. The molecule has 0 aliphatic carbocycles. The van der Waals surface area contributed by atoms with Crippen LogP contribution < -0.4 is 0 Å². The lowest BCUT2D eigenvalue weighted by atomic mass is 10.0. The maximum absolute atomic E-state index is 6.41. The molecule has 4 nitrogen and oxygen atoms in total. The van der Waals surface area contributed by atoms with Crippen molar-refractivity contribution in [2.75, 3.05) is 0 Å². The molecule has 2 aromatic carbocycles. The molecule has 0 saturated carbocycles. The van der Waals surface area contributed by atoms with Gasteiger partial charge in [0.25, 0.3) is 0 Å². The second-order valence-corrected chi connectivity index (χ2v) is 8.88. The highest BCUT2D eigenvalue weighted by atomic mass is 16.3. The third kappa shape index (κ3) is 2.90. The minimum absolute atomic E-state index is 0.280. The average molecular weight is 398 g/mol. The van der Waals surface area contributed by atoms with Gasteiger partial charge in [-0.2, -0.15) is 0 Å². The fraction of sp³-hybridized carbons (Fsp3) is 0.308. The number of fused-ring (bicyclic) bond motifs is 4. The second kappa shape index (κ2) is 6.98. The molecule has 4 heteroatoms. The van der Waals surface area contributed by atoms with E-state index < -0.39 is 0 Å². The Balaban J connectivity index is 1.82.